The van der Waals surface area contributed by atoms with E-state index in [9.17, 15) is 22.8 Å². The molecule has 0 spiro atoms. The number of alkyl halides is 3. The van der Waals surface area contributed by atoms with Gasteiger partial charge in [-0.05, 0) is 62.1 Å². The summed E-state index contributed by atoms with van der Waals surface area (Å²) in [6.45, 7) is 3.94. The van der Waals surface area contributed by atoms with E-state index in [2.05, 4.69) is 24.3 Å². The van der Waals surface area contributed by atoms with Crippen molar-refractivity contribution >= 4 is 17.3 Å². The van der Waals surface area contributed by atoms with Crippen LogP contribution in [-0.2, 0) is 9.59 Å². The summed E-state index contributed by atoms with van der Waals surface area (Å²) in [6.07, 6.45) is 3.46. The largest absolute Gasteiger partial charge is 0.392 e. The quantitative estimate of drug-likeness (QED) is 0.257. The lowest BCUT2D eigenvalue weighted by Crippen LogP contribution is -2.35. The van der Waals surface area contributed by atoms with Crippen molar-refractivity contribution < 1.29 is 22.8 Å². The van der Waals surface area contributed by atoms with Gasteiger partial charge < -0.3 is 0 Å². The van der Waals surface area contributed by atoms with Crippen molar-refractivity contribution in [3.05, 3.63) is 107 Å². The van der Waals surface area contributed by atoms with E-state index in [0.29, 0.717) is 36.8 Å². The molecule has 216 valence electrons. The Kier molecular flexibility index (Phi) is 10.3. The Labute approximate surface area is 241 Å². The lowest BCUT2D eigenvalue weighted by Gasteiger charge is -2.32. The van der Waals surface area contributed by atoms with E-state index < -0.39 is 18.0 Å². The monoisotopic (exact) mass is 561 g/mol. The normalized spacial score (nSPS) is 20.0. The number of rotatable bonds is 11. The molecule has 4 rings (SSSR count). The van der Waals surface area contributed by atoms with Crippen molar-refractivity contribution in [1.29, 1.82) is 0 Å². The average molecular weight is 562 g/mol. The van der Waals surface area contributed by atoms with Gasteiger partial charge in [-0.3, -0.25) is 14.6 Å². The Balaban J connectivity index is 1.59. The number of allylic oxidation sites excluding steroid dienone is 6. The SMILES string of the molecule is C/C=C/CC1=NC(CC)=C(CCCC(=O)C2=CC[C@@H](C(F)(F)F)CC2)C(=O)C1C(c1ccccc1)c1ccccc1. The minimum atomic E-state index is -4.23. The van der Waals surface area contributed by atoms with Crippen LogP contribution in [0.4, 0.5) is 13.2 Å². The van der Waals surface area contributed by atoms with Crippen LogP contribution in [0.2, 0.25) is 0 Å². The second-order valence-corrected chi connectivity index (χ2v) is 10.8. The molecule has 2 aromatic rings. The Morgan fingerprint density at radius 2 is 1.68 bits per heavy atom. The molecule has 1 unspecified atom stereocenters. The standard InChI is InChI=1S/C35H38F3NO2/c1-3-5-18-30-33(32(25-13-8-6-9-14-25)26-15-10-7-11-16-26)34(41)28(29(4-2)39-30)17-12-19-31(40)24-20-22-27(23-21-24)35(36,37)38/h3,5-11,13-16,20,27,32-33H,4,12,17-19,21-23H2,1-2H3/b5-3+/t27-,33?/m1/s1. The first-order chi connectivity index (χ1) is 19.7. The highest BCUT2D eigenvalue weighted by Gasteiger charge is 2.41. The number of aliphatic imine (C=N–C) groups is 1. The summed E-state index contributed by atoms with van der Waals surface area (Å²) in [6, 6.07) is 20.1. The first-order valence-electron chi connectivity index (χ1n) is 14.6. The number of hydrogen-bond donors (Lipinski definition) is 0. The van der Waals surface area contributed by atoms with Crippen LogP contribution in [0.1, 0.15) is 82.3 Å². The van der Waals surface area contributed by atoms with E-state index in [-0.39, 0.29) is 43.2 Å². The van der Waals surface area contributed by atoms with E-state index in [4.69, 9.17) is 4.99 Å². The molecule has 1 heterocycles. The molecule has 3 nitrogen and oxygen atoms in total. The first kappa shape index (κ1) is 30.4. The Hall–Kier alpha value is -3.54. The van der Waals surface area contributed by atoms with Crippen molar-refractivity contribution in [2.75, 3.05) is 0 Å². The van der Waals surface area contributed by atoms with E-state index in [1.165, 1.54) is 6.08 Å². The molecule has 2 atom stereocenters. The molecule has 6 heteroatoms. The zero-order chi connectivity index (χ0) is 29.4. The summed E-state index contributed by atoms with van der Waals surface area (Å²) in [5, 5.41) is 0. The number of nitrogens with zero attached hydrogens (tertiary/aromatic N) is 1. The van der Waals surface area contributed by atoms with Crippen molar-refractivity contribution in [2.45, 2.75) is 77.3 Å². The molecular weight excluding hydrogens is 523 g/mol. The van der Waals surface area contributed by atoms with Crippen LogP contribution >= 0.6 is 0 Å². The summed E-state index contributed by atoms with van der Waals surface area (Å²) in [7, 11) is 0. The predicted molar refractivity (Wildman–Crippen MR) is 158 cm³/mol. The van der Waals surface area contributed by atoms with Crippen LogP contribution in [0.3, 0.4) is 0 Å². The van der Waals surface area contributed by atoms with Gasteiger partial charge in [0.15, 0.2) is 11.6 Å². The molecule has 0 N–H and O–H groups in total. The number of Topliss-reactive ketones (excluding diaryl/α,β-unsaturated/α-hetero) is 2. The van der Waals surface area contributed by atoms with Gasteiger partial charge in [0.1, 0.15) is 0 Å². The lowest BCUT2D eigenvalue weighted by molar-refractivity contribution is -0.176. The Morgan fingerprint density at radius 1 is 1.05 bits per heavy atom. The molecule has 0 aromatic heterocycles. The number of benzene rings is 2. The summed E-state index contributed by atoms with van der Waals surface area (Å²) < 4.78 is 39.1. The lowest BCUT2D eigenvalue weighted by atomic mass is 9.72. The Bertz CT molecular complexity index is 1300. The number of ketones is 2. The maximum absolute atomic E-state index is 14.4. The van der Waals surface area contributed by atoms with Crippen LogP contribution in [0.5, 0.6) is 0 Å². The fourth-order valence-electron chi connectivity index (χ4n) is 5.98. The van der Waals surface area contributed by atoms with Gasteiger partial charge in [0, 0.05) is 35.7 Å². The van der Waals surface area contributed by atoms with Crippen LogP contribution < -0.4 is 0 Å². The highest BCUT2D eigenvalue weighted by Crippen LogP contribution is 2.41. The first-order valence-corrected chi connectivity index (χ1v) is 14.6. The second-order valence-electron chi connectivity index (χ2n) is 10.8. The smallest absolute Gasteiger partial charge is 0.295 e. The minimum absolute atomic E-state index is 0.0452. The number of carbonyl (C=O) groups is 2. The van der Waals surface area contributed by atoms with Crippen LogP contribution in [0.25, 0.3) is 0 Å². The van der Waals surface area contributed by atoms with Gasteiger partial charge in [0.2, 0.25) is 0 Å². The summed E-state index contributed by atoms with van der Waals surface area (Å²) in [4.78, 5) is 32.3. The molecule has 1 aliphatic heterocycles. The third kappa shape index (κ3) is 7.41. The molecular formula is C35H38F3NO2. The fraction of sp³-hybridized carbons (Fsp3) is 0.400. The number of hydrogen-bond acceptors (Lipinski definition) is 3. The molecule has 0 bridgehead atoms. The number of halogens is 3. The molecule has 0 saturated carbocycles. The van der Waals surface area contributed by atoms with Gasteiger partial charge >= 0.3 is 6.18 Å². The maximum atomic E-state index is 14.4. The van der Waals surface area contributed by atoms with Gasteiger partial charge in [0.25, 0.3) is 0 Å². The molecule has 0 saturated heterocycles. The molecule has 2 aliphatic rings. The molecule has 1 aliphatic carbocycles. The summed E-state index contributed by atoms with van der Waals surface area (Å²) in [5.74, 6) is -2.13. The minimum Gasteiger partial charge on any atom is -0.295 e. The van der Waals surface area contributed by atoms with Crippen molar-refractivity contribution in [1.82, 2.24) is 0 Å². The van der Waals surface area contributed by atoms with Gasteiger partial charge in [-0.15, -0.1) is 0 Å². The van der Waals surface area contributed by atoms with Crippen molar-refractivity contribution in [2.24, 2.45) is 16.8 Å². The number of carbonyl (C=O) groups excluding carboxylic acids is 2. The van der Waals surface area contributed by atoms with E-state index in [1.807, 2.05) is 62.4 Å². The van der Waals surface area contributed by atoms with Crippen molar-refractivity contribution in [3.8, 4) is 0 Å². The highest BCUT2D eigenvalue weighted by atomic mass is 19.4. The van der Waals surface area contributed by atoms with Crippen molar-refractivity contribution in [3.63, 3.8) is 0 Å². The molecule has 41 heavy (non-hydrogen) atoms. The van der Waals surface area contributed by atoms with Gasteiger partial charge in [-0.1, -0.05) is 85.8 Å². The van der Waals surface area contributed by atoms with Crippen LogP contribution in [0.15, 0.2) is 101 Å². The highest BCUT2D eigenvalue weighted by molar-refractivity contribution is 6.16. The fourth-order valence-corrected chi connectivity index (χ4v) is 5.98. The molecule has 0 radical (unpaired) electrons. The maximum Gasteiger partial charge on any atom is 0.392 e. The summed E-state index contributed by atoms with van der Waals surface area (Å²) >= 11 is 0. The van der Waals surface area contributed by atoms with Gasteiger partial charge in [-0.25, -0.2) is 0 Å². The molecule has 2 aromatic carbocycles. The van der Waals surface area contributed by atoms with E-state index in [1.54, 1.807) is 0 Å². The van der Waals surface area contributed by atoms with E-state index in [0.717, 1.165) is 22.5 Å². The molecule has 0 amide bonds. The predicted octanol–water partition coefficient (Wildman–Crippen LogP) is 9.12. The topological polar surface area (TPSA) is 46.5 Å². The van der Waals surface area contributed by atoms with Gasteiger partial charge in [-0.2, -0.15) is 13.2 Å². The third-order valence-electron chi connectivity index (χ3n) is 8.18. The zero-order valence-electron chi connectivity index (χ0n) is 23.8. The second kappa shape index (κ2) is 13.9. The van der Waals surface area contributed by atoms with E-state index >= 15 is 0 Å². The zero-order valence-corrected chi connectivity index (χ0v) is 23.8. The Morgan fingerprint density at radius 3 is 2.20 bits per heavy atom. The summed E-state index contributed by atoms with van der Waals surface area (Å²) in [5.41, 5.74) is 4.85. The third-order valence-corrected chi connectivity index (χ3v) is 8.18. The molecule has 0 fully saturated rings. The average Bonchev–Trinajstić information content (AvgIpc) is 2.98. The van der Waals surface area contributed by atoms with Crippen LogP contribution in [-0.4, -0.2) is 23.5 Å². The van der Waals surface area contributed by atoms with Crippen LogP contribution in [0, 0.1) is 11.8 Å². The van der Waals surface area contributed by atoms with Gasteiger partial charge in [0.05, 0.1) is 11.8 Å².